The van der Waals surface area contributed by atoms with Gasteiger partial charge in [-0.05, 0) is 38.8 Å². The van der Waals surface area contributed by atoms with E-state index in [4.69, 9.17) is 4.74 Å². The van der Waals surface area contributed by atoms with Gasteiger partial charge in [0.2, 0.25) is 5.91 Å². The number of nitrogens with one attached hydrogen (secondary N) is 1. The van der Waals surface area contributed by atoms with Gasteiger partial charge >= 0.3 is 6.09 Å². The molecule has 1 fully saturated rings. The van der Waals surface area contributed by atoms with Gasteiger partial charge < -0.3 is 15.0 Å². The number of likely N-dealkylation sites (tertiary alicyclic amines) is 1. The number of rotatable bonds is 4. The predicted octanol–water partition coefficient (Wildman–Crippen LogP) is 2.70. The van der Waals surface area contributed by atoms with Crippen molar-refractivity contribution in [2.24, 2.45) is 5.92 Å². The van der Waals surface area contributed by atoms with Crippen molar-refractivity contribution < 1.29 is 19.1 Å². The Morgan fingerprint density at radius 2 is 1.96 bits per heavy atom. The van der Waals surface area contributed by atoms with Gasteiger partial charge in [0.05, 0.1) is 6.61 Å². The minimum atomic E-state index is -0.319. The molecule has 23 heavy (non-hydrogen) atoms. The second-order valence-corrected chi connectivity index (χ2v) is 5.59. The highest BCUT2D eigenvalue weighted by Crippen LogP contribution is 2.20. The lowest BCUT2D eigenvalue weighted by atomic mass is 9.96. The number of carbonyl (C=O) groups excluding carboxylic acids is 3. The Morgan fingerprint density at radius 3 is 2.57 bits per heavy atom. The van der Waals surface area contributed by atoms with Crippen molar-refractivity contribution in [2.75, 3.05) is 25.0 Å². The van der Waals surface area contributed by atoms with E-state index in [0.717, 1.165) is 0 Å². The maximum absolute atomic E-state index is 12.3. The van der Waals surface area contributed by atoms with E-state index in [-0.39, 0.29) is 23.7 Å². The molecule has 2 rings (SSSR count). The van der Waals surface area contributed by atoms with Crippen molar-refractivity contribution in [1.82, 2.24) is 4.90 Å². The maximum atomic E-state index is 12.3. The van der Waals surface area contributed by atoms with Crippen molar-refractivity contribution in [3.05, 3.63) is 29.8 Å². The van der Waals surface area contributed by atoms with Crippen molar-refractivity contribution in [3.8, 4) is 0 Å². The largest absolute Gasteiger partial charge is 0.450 e. The summed E-state index contributed by atoms with van der Waals surface area (Å²) in [5.74, 6) is -0.250. The molecule has 1 aliphatic rings. The second-order valence-electron chi connectivity index (χ2n) is 5.59. The Bertz CT molecular complexity index is 592. The molecule has 1 aromatic carbocycles. The van der Waals surface area contributed by atoms with Crippen LogP contribution in [0.5, 0.6) is 0 Å². The molecule has 0 saturated carbocycles. The first-order valence-electron chi connectivity index (χ1n) is 7.84. The van der Waals surface area contributed by atoms with E-state index in [0.29, 0.717) is 43.8 Å². The smallest absolute Gasteiger partial charge is 0.409 e. The average Bonchev–Trinajstić information content (AvgIpc) is 2.55. The van der Waals surface area contributed by atoms with E-state index >= 15 is 0 Å². The summed E-state index contributed by atoms with van der Waals surface area (Å²) >= 11 is 0. The van der Waals surface area contributed by atoms with Crippen LogP contribution in [-0.4, -0.2) is 42.4 Å². The molecule has 2 amide bonds. The number of benzene rings is 1. The number of hydrogen-bond donors (Lipinski definition) is 1. The number of anilines is 1. The van der Waals surface area contributed by atoms with Gasteiger partial charge in [0.15, 0.2) is 5.78 Å². The van der Waals surface area contributed by atoms with Crippen LogP contribution in [0, 0.1) is 5.92 Å². The molecule has 0 unspecified atom stereocenters. The monoisotopic (exact) mass is 318 g/mol. The van der Waals surface area contributed by atoms with Crippen LogP contribution in [0.15, 0.2) is 24.3 Å². The lowest BCUT2D eigenvalue weighted by molar-refractivity contribution is -0.121. The van der Waals surface area contributed by atoms with E-state index in [1.54, 1.807) is 36.1 Å². The van der Waals surface area contributed by atoms with E-state index in [1.807, 2.05) is 0 Å². The van der Waals surface area contributed by atoms with Crippen LogP contribution in [0.1, 0.15) is 37.0 Å². The summed E-state index contributed by atoms with van der Waals surface area (Å²) in [4.78, 5) is 37.0. The molecule has 124 valence electrons. The molecule has 0 aromatic heterocycles. The third-order valence-electron chi connectivity index (χ3n) is 3.93. The number of amides is 2. The standard InChI is InChI=1S/C17H22N2O4/c1-3-23-17(22)19-9-7-13(8-10-19)16(21)18-15-6-4-5-14(11-15)12(2)20/h4-6,11,13H,3,7-10H2,1-2H3,(H,18,21). The highest BCUT2D eigenvalue weighted by Gasteiger charge is 2.27. The Balaban J connectivity index is 1.89. The summed E-state index contributed by atoms with van der Waals surface area (Å²) < 4.78 is 4.96. The van der Waals surface area contributed by atoms with Crippen LogP contribution < -0.4 is 5.32 Å². The molecule has 0 spiro atoms. The number of ketones is 1. The molecular weight excluding hydrogens is 296 g/mol. The lowest BCUT2D eigenvalue weighted by Crippen LogP contribution is -2.41. The Morgan fingerprint density at radius 1 is 1.26 bits per heavy atom. The maximum Gasteiger partial charge on any atom is 0.409 e. The number of Topliss-reactive ketones (excluding diaryl/α,β-unsaturated/α-hetero) is 1. The Kier molecular flexibility index (Phi) is 5.73. The van der Waals surface area contributed by atoms with E-state index in [9.17, 15) is 14.4 Å². The SMILES string of the molecule is CCOC(=O)N1CCC(C(=O)Nc2cccc(C(C)=O)c2)CC1. The number of ether oxygens (including phenoxy) is 1. The summed E-state index contributed by atoms with van der Waals surface area (Å²) in [5, 5.41) is 2.85. The molecule has 0 radical (unpaired) electrons. The first-order chi connectivity index (χ1) is 11.0. The number of piperidine rings is 1. The molecule has 1 saturated heterocycles. The van der Waals surface area contributed by atoms with Crippen LogP contribution in [-0.2, 0) is 9.53 Å². The molecule has 0 aliphatic carbocycles. The third-order valence-corrected chi connectivity index (χ3v) is 3.93. The van der Waals surface area contributed by atoms with Crippen molar-refractivity contribution in [1.29, 1.82) is 0 Å². The molecular formula is C17H22N2O4. The minimum Gasteiger partial charge on any atom is -0.450 e. The zero-order valence-electron chi connectivity index (χ0n) is 13.5. The fourth-order valence-corrected chi connectivity index (χ4v) is 2.60. The van der Waals surface area contributed by atoms with Gasteiger partial charge in [-0.25, -0.2) is 4.79 Å². The zero-order valence-corrected chi connectivity index (χ0v) is 13.5. The van der Waals surface area contributed by atoms with Crippen molar-refractivity contribution >= 4 is 23.5 Å². The van der Waals surface area contributed by atoms with Crippen molar-refractivity contribution in [2.45, 2.75) is 26.7 Å². The van der Waals surface area contributed by atoms with E-state index in [1.165, 1.54) is 6.92 Å². The molecule has 1 aromatic rings. The van der Waals surface area contributed by atoms with Gasteiger partial charge in [0, 0.05) is 30.3 Å². The van der Waals surface area contributed by atoms with Gasteiger partial charge in [-0.1, -0.05) is 12.1 Å². The molecule has 1 aliphatic heterocycles. The zero-order chi connectivity index (χ0) is 16.8. The highest BCUT2D eigenvalue weighted by atomic mass is 16.6. The molecule has 6 heteroatoms. The summed E-state index contributed by atoms with van der Waals surface area (Å²) in [7, 11) is 0. The summed E-state index contributed by atoms with van der Waals surface area (Å²) in [5.41, 5.74) is 1.19. The fraction of sp³-hybridized carbons (Fsp3) is 0.471. The van der Waals surface area contributed by atoms with Crippen LogP contribution >= 0.6 is 0 Å². The third kappa shape index (κ3) is 4.55. The molecule has 6 nitrogen and oxygen atoms in total. The first-order valence-corrected chi connectivity index (χ1v) is 7.84. The summed E-state index contributed by atoms with van der Waals surface area (Å²) in [6.07, 6.45) is 0.897. The second kappa shape index (κ2) is 7.76. The first kappa shape index (κ1) is 17.0. The highest BCUT2D eigenvalue weighted by molar-refractivity contribution is 5.97. The van der Waals surface area contributed by atoms with Crippen LogP contribution in [0.3, 0.4) is 0 Å². The van der Waals surface area contributed by atoms with Gasteiger partial charge in [-0.2, -0.15) is 0 Å². The predicted molar refractivity (Wildman–Crippen MR) is 86.4 cm³/mol. The average molecular weight is 318 g/mol. The summed E-state index contributed by atoms with van der Waals surface area (Å²) in [6, 6.07) is 6.90. The van der Waals surface area contributed by atoms with Crippen molar-refractivity contribution in [3.63, 3.8) is 0 Å². The van der Waals surface area contributed by atoms with Crippen LogP contribution in [0.2, 0.25) is 0 Å². The normalized spacial score (nSPS) is 15.1. The van der Waals surface area contributed by atoms with Crippen LogP contribution in [0.4, 0.5) is 10.5 Å². The van der Waals surface area contributed by atoms with Gasteiger partial charge in [-0.15, -0.1) is 0 Å². The van der Waals surface area contributed by atoms with E-state index in [2.05, 4.69) is 5.32 Å². The number of carbonyl (C=O) groups is 3. The van der Waals surface area contributed by atoms with E-state index < -0.39 is 0 Å². The quantitative estimate of drug-likeness (QED) is 0.866. The van der Waals surface area contributed by atoms with Gasteiger partial charge in [0.25, 0.3) is 0 Å². The minimum absolute atomic E-state index is 0.0381. The topological polar surface area (TPSA) is 75.7 Å². The summed E-state index contributed by atoms with van der Waals surface area (Å²) in [6.45, 7) is 4.65. The molecule has 0 bridgehead atoms. The Hall–Kier alpha value is -2.37. The molecule has 1 N–H and O–H groups in total. The van der Waals surface area contributed by atoms with Gasteiger partial charge in [-0.3, -0.25) is 9.59 Å². The molecule has 1 heterocycles. The van der Waals surface area contributed by atoms with Gasteiger partial charge in [0.1, 0.15) is 0 Å². The number of nitrogens with zero attached hydrogens (tertiary/aromatic N) is 1. The lowest BCUT2D eigenvalue weighted by Gasteiger charge is -2.30. The molecule has 0 atom stereocenters. The fourth-order valence-electron chi connectivity index (χ4n) is 2.60. The van der Waals surface area contributed by atoms with Crippen LogP contribution in [0.25, 0.3) is 0 Å². The Labute approximate surface area is 135 Å². The number of hydrogen-bond acceptors (Lipinski definition) is 4.